The lowest BCUT2D eigenvalue weighted by molar-refractivity contribution is 0.358. The predicted molar refractivity (Wildman–Crippen MR) is 72.5 cm³/mol. The number of hydrogen-bond acceptors (Lipinski definition) is 1. The Morgan fingerprint density at radius 3 is 2.30 bits per heavy atom. The highest BCUT2D eigenvalue weighted by Gasteiger charge is 2.16. The Morgan fingerprint density at radius 1 is 1.10 bits per heavy atom. The molecule has 2 aromatic rings. The van der Waals surface area contributed by atoms with E-state index in [1.165, 1.54) is 12.1 Å². The Balaban J connectivity index is 2.49. The summed E-state index contributed by atoms with van der Waals surface area (Å²) in [6.45, 7) is 3.57. The zero-order valence-corrected chi connectivity index (χ0v) is 11.1. The van der Waals surface area contributed by atoms with Crippen LogP contribution in [0, 0.1) is 17.5 Å². The highest BCUT2D eigenvalue weighted by molar-refractivity contribution is 6.33. The van der Waals surface area contributed by atoms with Gasteiger partial charge < -0.3 is 4.74 Å². The van der Waals surface area contributed by atoms with Crippen molar-refractivity contribution in [2.24, 2.45) is 0 Å². The summed E-state index contributed by atoms with van der Waals surface area (Å²) >= 11 is 5.81. The number of halogens is 4. The molecule has 104 valence electrons. The molecular weight excluding hydrogens is 289 g/mol. The summed E-state index contributed by atoms with van der Waals surface area (Å²) in [5.41, 5.74) is -0.237. The van der Waals surface area contributed by atoms with Gasteiger partial charge in [0.2, 0.25) is 0 Å². The molecule has 5 heteroatoms. The van der Waals surface area contributed by atoms with Gasteiger partial charge in [-0.3, -0.25) is 0 Å². The minimum Gasteiger partial charge on any atom is -0.489 e. The molecular formula is C15H10ClF3O. The maximum atomic E-state index is 14.0. The second-order valence-corrected chi connectivity index (χ2v) is 4.39. The molecule has 2 aromatic carbocycles. The molecule has 0 aromatic heterocycles. The first-order valence-corrected chi connectivity index (χ1v) is 6.09. The van der Waals surface area contributed by atoms with Crippen LogP contribution in [0.25, 0.3) is 11.1 Å². The fourth-order valence-electron chi connectivity index (χ4n) is 1.74. The smallest absolute Gasteiger partial charge is 0.137 e. The third-order valence-electron chi connectivity index (χ3n) is 2.58. The minimum atomic E-state index is -0.836. The number of ether oxygens (including phenoxy) is 1. The molecule has 0 N–H and O–H groups in total. The quantitative estimate of drug-likeness (QED) is 0.723. The predicted octanol–water partition coefficient (Wildman–Crippen LogP) is 4.99. The fraction of sp³-hybridized carbons (Fsp3) is 0.0667. The average Bonchev–Trinajstić information content (AvgIpc) is 2.38. The summed E-state index contributed by atoms with van der Waals surface area (Å²) in [6, 6.07) is 5.40. The molecule has 0 bridgehead atoms. The van der Waals surface area contributed by atoms with Crippen LogP contribution in [0.1, 0.15) is 0 Å². The first-order chi connectivity index (χ1) is 9.52. The van der Waals surface area contributed by atoms with Gasteiger partial charge in [-0.15, -0.1) is 0 Å². The molecule has 0 fully saturated rings. The molecule has 0 radical (unpaired) electrons. The molecule has 0 atom stereocenters. The Kier molecular flexibility index (Phi) is 4.35. The molecule has 20 heavy (non-hydrogen) atoms. The van der Waals surface area contributed by atoms with E-state index in [1.54, 1.807) is 0 Å². The van der Waals surface area contributed by atoms with Crippen molar-refractivity contribution in [3.63, 3.8) is 0 Å². The number of benzene rings is 2. The molecule has 2 rings (SSSR count). The second-order valence-electron chi connectivity index (χ2n) is 3.99. The van der Waals surface area contributed by atoms with Crippen LogP contribution in [-0.2, 0) is 0 Å². The SMILES string of the molecule is C=CCOc1cc(F)c(-c2ccc(F)cc2Cl)c(F)c1. The highest BCUT2D eigenvalue weighted by Crippen LogP contribution is 2.34. The molecule has 0 amide bonds. The van der Waals surface area contributed by atoms with Crippen LogP contribution < -0.4 is 4.74 Å². The molecule has 0 aliphatic carbocycles. The summed E-state index contributed by atoms with van der Waals surface area (Å²) in [6.07, 6.45) is 1.46. The van der Waals surface area contributed by atoms with E-state index in [9.17, 15) is 13.2 Å². The number of rotatable bonds is 4. The van der Waals surface area contributed by atoms with Gasteiger partial charge in [-0.1, -0.05) is 24.3 Å². The van der Waals surface area contributed by atoms with Crippen LogP contribution >= 0.6 is 11.6 Å². The molecule has 0 unspecified atom stereocenters. The zero-order valence-electron chi connectivity index (χ0n) is 10.3. The normalized spacial score (nSPS) is 10.4. The molecule has 0 aliphatic heterocycles. The zero-order chi connectivity index (χ0) is 14.7. The largest absolute Gasteiger partial charge is 0.489 e. The first kappa shape index (κ1) is 14.5. The maximum absolute atomic E-state index is 14.0. The Labute approximate surface area is 119 Å². The summed E-state index contributed by atoms with van der Waals surface area (Å²) < 4.78 is 46.0. The van der Waals surface area contributed by atoms with Crippen molar-refractivity contribution in [3.8, 4) is 16.9 Å². The van der Waals surface area contributed by atoms with Gasteiger partial charge in [0, 0.05) is 17.7 Å². The van der Waals surface area contributed by atoms with Crippen LogP contribution in [-0.4, -0.2) is 6.61 Å². The van der Waals surface area contributed by atoms with Gasteiger partial charge in [0.05, 0.1) is 10.6 Å². The van der Waals surface area contributed by atoms with Crippen LogP contribution in [0.5, 0.6) is 5.75 Å². The first-order valence-electron chi connectivity index (χ1n) is 5.71. The summed E-state index contributed by atoms with van der Waals surface area (Å²) in [7, 11) is 0. The monoisotopic (exact) mass is 298 g/mol. The van der Waals surface area contributed by atoms with Gasteiger partial charge in [0.15, 0.2) is 0 Å². The average molecular weight is 299 g/mol. The molecule has 0 aliphatic rings. The van der Waals surface area contributed by atoms with Crippen molar-refractivity contribution in [3.05, 3.63) is 65.5 Å². The topological polar surface area (TPSA) is 9.23 Å². The molecule has 1 nitrogen and oxygen atoms in total. The van der Waals surface area contributed by atoms with E-state index in [1.807, 2.05) is 0 Å². The van der Waals surface area contributed by atoms with Crippen LogP contribution in [0.15, 0.2) is 43.0 Å². The lowest BCUT2D eigenvalue weighted by Crippen LogP contribution is -1.97. The standard InChI is InChI=1S/C15H10ClF3O/c1-2-5-20-10-7-13(18)15(14(19)8-10)11-4-3-9(17)6-12(11)16/h2-4,6-8H,1,5H2. The van der Waals surface area contributed by atoms with Gasteiger partial charge in [-0.05, 0) is 18.2 Å². The van der Waals surface area contributed by atoms with Gasteiger partial charge >= 0.3 is 0 Å². The van der Waals surface area contributed by atoms with E-state index in [4.69, 9.17) is 16.3 Å². The lowest BCUT2D eigenvalue weighted by atomic mass is 10.0. The lowest BCUT2D eigenvalue weighted by Gasteiger charge is -2.10. The van der Waals surface area contributed by atoms with Crippen LogP contribution in [0.4, 0.5) is 13.2 Å². The summed E-state index contributed by atoms with van der Waals surface area (Å²) in [5, 5.41) is -0.0671. The van der Waals surface area contributed by atoms with E-state index in [0.717, 1.165) is 24.3 Å². The molecule has 0 spiro atoms. The summed E-state index contributed by atoms with van der Waals surface area (Å²) in [5.74, 6) is -2.21. The molecule has 0 heterocycles. The Bertz CT molecular complexity index is 633. The van der Waals surface area contributed by atoms with Gasteiger partial charge in [0.1, 0.15) is 29.8 Å². The van der Waals surface area contributed by atoms with Crippen LogP contribution in [0.2, 0.25) is 5.02 Å². The van der Waals surface area contributed by atoms with Crippen molar-refractivity contribution in [1.29, 1.82) is 0 Å². The van der Waals surface area contributed by atoms with E-state index < -0.39 is 17.5 Å². The Morgan fingerprint density at radius 2 is 1.75 bits per heavy atom. The Hall–Kier alpha value is -1.94. The molecule has 0 saturated heterocycles. The second kappa shape index (κ2) is 6.01. The molecule has 0 saturated carbocycles. The minimum absolute atomic E-state index is 0.0434. The van der Waals surface area contributed by atoms with Gasteiger partial charge in [0.25, 0.3) is 0 Å². The van der Waals surface area contributed by atoms with Crippen molar-refractivity contribution in [2.75, 3.05) is 6.61 Å². The maximum Gasteiger partial charge on any atom is 0.137 e. The van der Waals surface area contributed by atoms with Gasteiger partial charge in [-0.25, -0.2) is 13.2 Å². The van der Waals surface area contributed by atoms with Crippen molar-refractivity contribution < 1.29 is 17.9 Å². The van der Waals surface area contributed by atoms with E-state index in [-0.39, 0.29) is 28.5 Å². The van der Waals surface area contributed by atoms with E-state index in [0.29, 0.717) is 0 Å². The van der Waals surface area contributed by atoms with E-state index >= 15 is 0 Å². The van der Waals surface area contributed by atoms with Crippen molar-refractivity contribution >= 4 is 11.6 Å². The third-order valence-corrected chi connectivity index (χ3v) is 2.90. The third kappa shape index (κ3) is 2.96. The fourth-order valence-corrected chi connectivity index (χ4v) is 2.00. The van der Waals surface area contributed by atoms with E-state index in [2.05, 4.69) is 6.58 Å². The highest BCUT2D eigenvalue weighted by atomic mass is 35.5. The van der Waals surface area contributed by atoms with Crippen molar-refractivity contribution in [1.82, 2.24) is 0 Å². The van der Waals surface area contributed by atoms with Crippen molar-refractivity contribution in [2.45, 2.75) is 0 Å². The van der Waals surface area contributed by atoms with Crippen LogP contribution in [0.3, 0.4) is 0 Å². The van der Waals surface area contributed by atoms with Gasteiger partial charge in [-0.2, -0.15) is 0 Å². The summed E-state index contributed by atoms with van der Waals surface area (Å²) in [4.78, 5) is 0. The number of hydrogen-bond donors (Lipinski definition) is 0.